The van der Waals surface area contributed by atoms with Crippen LogP contribution in [0.3, 0.4) is 0 Å². The lowest BCUT2D eigenvalue weighted by molar-refractivity contribution is -0.870. The minimum atomic E-state index is -4.71. The van der Waals surface area contributed by atoms with Crippen LogP contribution >= 0.6 is 7.82 Å². The number of carbonyl (C=O) groups excluding carboxylic acids is 2. The second-order valence-electron chi connectivity index (χ2n) is 18.6. The van der Waals surface area contributed by atoms with E-state index in [1.54, 1.807) is 6.08 Å². The number of rotatable bonds is 46. The van der Waals surface area contributed by atoms with Crippen molar-refractivity contribution in [2.45, 2.75) is 226 Å². The fourth-order valence-electron chi connectivity index (χ4n) is 7.06. The van der Waals surface area contributed by atoms with Gasteiger partial charge in [-0.1, -0.05) is 190 Å². The van der Waals surface area contributed by atoms with Gasteiger partial charge in [-0.25, -0.2) is 0 Å². The molecular formula is C55H99N2O7P. The first-order valence-corrected chi connectivity index (χ1v) is 27.7. The zero-order valence-corrected chi connectivity index (χ0v) is 43.6. The summed E-state index contributed by atoms with van der Waals surface area (Å²) in [6.45, 7) is 6.64. The van der Waals surface area contributed by atoms with Crippen molar-refractivity contribution in [2.24, 2.45) is 0 Å². The predicted octanol–water partition coefficient (Wildman–Crippen LogP) is 14.7. The summed E-state index contributed by atoms with van der Waals surface area (Å²) < 4.78 is 30.0. The SMILES string of the molecule is CC/C=C/C/C=C/C/C=C/CCCCCCC(=O)NC(COP(=O)([O-])OCC[N+](C)(C)C)C(/C=C/CCCCCCCCCCCC)OC(=O)CC/C=C/C/C=C\CCCCCCCC. The smallest absolute Gasteiger partial charge is 0.306 e. The molecular weight excluding hydrogens is 832 g/mol. The number of ether oxygens (including phenoxy) is 1. The summed E-state index contributed by atoms with van der Waals surface area (Å²) in [5.41, 5.74) is 0. The van der Waals surface area contributed by atoms with Crippen LogP contribution in [0, 0.1) is 0 Å². The predicted molar refractivity (Wildman–Crippen MR) is 275 cm³/mol. The van der Waals surface area contributed by atoms with Gasteiger partial charge in [-0.2, -0.15) is 0 Å². The van der Waals surface area contributed by atoms with E-state index >= 15 is 0 Å². The van der Waals surface area contributed by atoms with E-state index < -0.39 is 32.5 Å². The fraction of sp³-hybridized carbons (Fsp3) is 0.745. The Hall–Kier alpha value is -2.55. The maximum absolute atomic E-state index is 13.4. The summed E-state index contributed by atoms with van der Waals surface area (Å²) in [6.07, 6.45) is 56.0. The number of hydrogen-bond acceptors (Lipinski definition) is 7. The fourth-order valence-corrected chi connectivity index (χ4v) is 7.78. The number of nitrogens with zero attached hydrogens (tertiary/aromatic N) is 1. The van der Waals surface area contributed by atoms with Crippen molar-refractivity contribution < 1.29 is 37.3 Å². The zero-order valence-electron chi connectivity index (χ0n) is 42.7. The number of likely N-dealkylation sites (N-methyl/N-ethyl adjacent to an activating group) is 1. The molecule has 65 heavy (non-hydrogen) atoms. The molecule has 0 aromatic heterocycles. The molecule has 0 aliphatic heterocycles. The first kappa shape index (κ1) is 62.4. The van der Waals surface area contributed by atoms with Crippen molar-refractivity contribution in [2.75, 3.05) is 40.9 Å². The standard InChI is InChI=1S/C55H99N2O7P/c1-7-10-13-16-19-22-25-28-30-32-35-38-41-44-47-54(58)56-52(51-63-65(60,61)62-50-49-57(4,5)6)53(46-43-40-37-34-31-27-24-21-18-15-12-9-3)64-55(59)48-45-42-39-36-33-29-26-23-20-17-14-11-8-2/h10,13,19,22,28-30,33,39,42-43,46,52-53H,7-9,11-12,14-18,20-21,23-27,31-32,34-38,40-41,44-45,47-51H2,1-6H3,(H-,56,58,60,61)/b13-10+,22-19+,30-28+,33-29-,42-39+,46-43+. The molecule has 0 radical (unpaired) electrons. The Morgan fingerprint density at radius 2 is 1.00 bits per heavy atom. The highest BCUT2D eigenvalue weighted by Crippen LogP contribution is 2.38. The van der Waals surface area contributed by atoms with Gasteiger partial charge in [0.1, 0.15) is 19.3 Å². The van der Waals surface area contributed by atoms with Gasteiger partial charge < -0.3 is 28.5 Å². The third-order valence-corrected chi connectivity index (χ3v) is 12.1. The van der Waals surface area contributed by atoms with Gasteiger partial charge in [0.2, 0.25) is 5.91 Å². The molecule has 0 spiro atoms. The summed E-state index contributed by atoms with van der Waals surface area (Å²) in [7, 11) is 1.13. The van der Waals surface area contributed by atoms with E-state index in [9.17, 15) is 19.0 Å². The Labute approximate surface area is 400 Å². The Kier molecular flexibility index (Phi) is 43.5. The summed E-state index contributed by atoms with van der Waals surface area (Å²) >= 11 is 0. The van der Waals surface area contributed by atoms with Gasteiger partial charge in [0.05, 0.1) is 33.8 Å². The van der Waals surface area contributed by atoms with Crippen molar-refractivity contribution in [1.29, 1.82) is 0 Å². The van der Waals surface area contributed by atoms with E-state index in [4.69, 9.17) is 13.8 Å². The lowest BCUT2D eigenvalue weighted by atomic mass is 10.1. The maximum atomic E-state index is 13.4. The van der Waals surface area contributed by atoms with E-state index in [0.717, 1.165) is 77.0 Å². The second kappa shape index (κ2) is 45.2. The highest BCUT2D eigenvalue weighted by molar-refractivity contribution is 7.45. The summed E-state index contributed by atoms with van der Waals surface area (Å²) in [6, 6.07) is -0.922. The van der Waals surface area contributed by atoms with Crippen LogP contribution in [0.2, 0.25) is 0 Å². The Bertz CT molecular complexity index is 1350. The highest BCUT2D eigenvalue weighted by atomic mass is 31.2. The first-order valence-electron chi connectivity index (χ1n) is 26.2. The molecule has 0 bridgehead atoms. The maximum Gasteiger partial charge on any atom is 0.306 e. The number of unbranched alkanes of at least 4 members (excludes halogenated alkanes) is 20. The van der Waals surface area contributed by atoms with Crippen LogP contribution in [0.4, 0.5) is 0 Å². The first-order chi connectivity index (χ1) is 31.4. The normalized spacial score (nSPS) is 14.5. The third-order valence-electron chi connectivity index (χ3n) is 11.1. The Balaban J connectivity index is 5.55. The van der Waals surface area contributed by atoms with E-state index in [1.165, 1.54) is 89.9 Å². The minimum absolute atomic E-state index is 0.0370. The Morgan fingerprint density at radius 1 is 0.554 bits per heavy atom. The number of phosphoric ester groups is 1. The van der Waals surface area contributed by atoms with Crippen LogP contribution in [0.25, 0.3) is 0 Å². The van der Waals surface area contributed by atoms with E-state index in [-0.39, 0.29) is 25.4 Å². The summed E-state index contributed by atoms with van der Waals surface area (Å²) in [5, 5.41) is 2.98. The molecule has 0 fully saturated rings. The van der Waals surface area contributed by atoms with Gasteiger partial charge >= 0.3 is 5.97 Å². The molecule has 3 unspecified atom stereocenters. The van der Waals surface area contributed by atoms with Gasteiger partial charge in [-0.05, 0) is 83.1 Å². The number of carbonyl (C=O) groups is 2. The molecule has 376 valence electrons. The van der Waals surface area contributed by atoms with Crippen molar-refractivity contribution >= 4 is 19.7 Å². The van der Waals surface area contributed by atoms with Gasteiger partial charge in [0.15, 0.2) is 0 Å². The number of quaternary nitrogens is 1. The van der Waals surface area contributed by atoms with Gasteiger partial charge in [0.25, 0.3) is 7.82 Å². The van der Waals surface area contributed by atoms with E-state index in [2.05, 4.69) is 80.8 Å². The Morgan fingerprint density at radius 3 is 1.51 bits per heavy atom. The summed E-state index contributed by atoms with van der Waals surface area (Å²) in [5.74, 6) is -0.651. The molecule has 0 rings (SSSR count). The van der Waals surface area contributed by atoms with Gasteiger partial charge in [-0.3, -0.25) is 14.2 Å². The quantitative estimate of drug-likeness (QED) is 0.0213. The van der Waals surface area contributed by atoms with E-state index in [0.29, 0.717) is 23.9 Å². The second-order valence-corrected chi connectivity index (χ2v) is 20.0. The topological polar surface area (TPSA) is 114 Å². The zero-order chi connectivity index (χ0) is 48.0. The van der Waals surface area contributed by atoms with Crippen LogP contribution in [0.5, 0.6) is 0 Å². The monoisotopic (exact) mass is 931 g/mol. The number of allylic oxidation sites excluding steroid dienone is 11. The van der Waals surface area contributed by atoms with Gasteiger partial charge in [-0.15, -0.1) is 0 Å². The molecule has 9 nitrogen and oxygen atoms in total. The molecule has 0 heterocycles. The minimum Gasteiger partial charge on any atom is -0.756 e. The van der Waals surface area contributed by atoms with Crippen molar-refractivity contribution in [3.8, 4) is 0 Å². The molecule has 3 atom stereocenters. The van der Waals surface area contributed by atoms with Crippen molar-refractivity contribution in [3.05, 3.63) is 72.9 Å². The van der Waals surface area contributed by atoms with Crippen LogP contribution < -0.4 is 10.2 Å². The van der Waals surface area contributed by atoms with Crippen LogP contribution in [-0.2, 0) is 27.9 Å². The molecule has 0 saturated carbocycles. The number of hydrogen-bond donors (Lipinski definition) is 1. The lowest BCUT2D eigenvalue weighted by Crippen LogP contribution is -2.47. The van der Waals surface area contributed by atoms with Gasteiger partial charge in [0, 0.05) is 12.8 Å². The molecule has 0 aromatic rings. The number of nitrogens with one attached hydrogen (secondary N) is 1. The van der Waals surface area contributed by atoms with Crippen molar-refractivity contribution in [1.82, 2.24) is 5.32 Å². The lowest BCUT2D eigenvalue weighted by Gasteiger charge is -2.30. The van der Waals surface area contributed by atoms with Crippen molar-refractivity contribution in [3.63, 3.8) is 0 Å². The molecule has 0 aliphatic rings. The number of phosphoric acid groups is 1. The number of amides is 1. The highest BCUT2D eigenvalue weighted by Gasteiger charge is 2.27. The molecule has 1 amide bonds. The van der Waals surface area contributed by atoms with Crippen LogP contribution in [0.1, 0.15) is 213 Å². The number of esters is 1. The average Bonchev–Trinajstić information content (AvgIpc) is 3.26. The van der Waals surface area contributed by atoms with E-state index in [1.807, 2.05) is 33.3 Å². The molecule has 0 aliphatic carbocycles. The third kappa shape index (κ3) is 46.4. The average molecular weight is 931 g/mol. The van der Waals surface area contributed by atoms with Crippen LogP contribution in [-0.4, -0.2) is 69.4 Å². The van der Waals surface area contributed by atoms with Crippen LogP contribution in [0.15, 0.2) is 72.9 Å². The molecule has 1 N–H and O–H groups in total. The molecule has 10 heteroatoms. The summed E-state index contributed by atoms with van der Waals surface area (Å²) in [4.78, 5) is 39.6. The largest absolute Gasteiger partial charge is 0.756 e. The molecule has 0 saturated heterocycles. The molecule has 0 aromatic carbocycles.